The summed E-state index contributed by atoms with van der Waals surface area (Å²) in [6.45, 7) is 13.8. The lowest BCUT2D eigenvalue weighted by Gasteiger charge is -2.61. The Morgan fingerprint density at radius 3 is 2.79 bits per heavy atom. The number of hydrogen-bond donors (Lipinski definition) is 1. The molecule has 3 aromatic rings. The van der Waals surface area contributed by atoms with Crippen molar-refractivity contribution in [3.05, 3.63) is 70.0 Å². The Labute approximate surface area is 254 Å². The highest BCUT2D eigenvalue weighted by Crippen LogP contribution is 2.61. The minimum Gasteiger partial charge on any atom is -0.340 e. The minimum absolute atomic E-state index is 0.104. The Hall–Kier alpha value is -3.26. The van der Waals surface area contributed by atoms with Crippen LogP contribution in [0.5, 0.6) is 0 Å². The van der Waals surface area contributed by atoms with Crippen molar-refractivity contribution in [1.82, 2.24) is 19.4 Å². The molecular formula is C35H45FN6O. The number of aryl methyl sites for hydroxylation is 3. The first-order valence-corrected chi connectivity index (χ1v) is 16.3. The summed E-state index contributed by atoms with van der Waals surface area (Å²) in [6, 6.07) is 12.0. The van der Waals surface area contributed by atoms with Crippen molar-refractivity contribution in [1.29, 1.82) is 0 Å². The summed E-state index contributed by atoms with van der Waals surface area (Å²) in [4.78, 5) is 28.5. The van der Waals surface area contributed by atoms with Gasteiger partial charge in [-0.1, -0.05) is 32.9 Å². The van der Waals surface area contributed by atoms with Crippen molar-refractivity contribution in [2.45, 2.75) is 78.4 Å². The number of halogens is 1. The summed E-state index contributed by atoms with van der Waals surface area (Å²) < 4.78 is 15.9. The quantitative estimate of drug-likeness (QED) is 0.308. The number of piperazine rings is 1. The van der Waals surface area contributed by atoms with Gasteiger partial charge in [0, 0.05) is 37.9 Å². The molecule has 3 heterocycles. The molecule has 228 valence electrons. The first-order chi connectivity index (χ1) is 20.7. The first kappa shape index (κ1) is 28.5. The summed E-state index contributed by atoms with van der Waals surface area (Å²) in [5.41, 5.74) is 3.38. The van der Waals surface area contributed by atoms with Crippen LogP contribution in [-0.4, -0.2) is 63.6 Å². The van der Waals surface area contributed by atoms with E-state index in [0.29, 0.717) is 52.8 Å². The van der Waals surface area contributed by atoms with Gasteiger partial charge in [0.05, 0.1) is 23.3 Å². The van der Waals surface area contributed by atoms with Crippen molar-refractivity contribution >= 4 is 22.5 Å². The SMILES string of the molecule is Cc1ccc(CCn2cnc3cc(NC(=N[C@H]4C[C@H]5C[C@H]([C@H]4C)C5(C)C)N4CCN5CCC[C@H]5C4)ccc3c2=O)c(F)c1. The van der Waals surface area contributed by atoms with Gasteiger partial charge in [0.15, 0.2) is 5.96 Å². The molecule has 2 saturated heterocycles. The van der Waals surface area contributed by atoms with E-state index in [2.05, 4.69) is 40.9 Å². The molecule has 0 amide bonds. The molecule has 5 aliphatic rings. The fourth-order valence-electron chi connectivity index (χ4n) is 8.45. The van der Waals surface area contributed by atoms with E-state index >= 15 is 0 Å². The Kier molecular flexibility index (Phi) is 7.31. The van der Waals surface area contributed by atoms with E-state index in [9.17, 15) is 9.18 Å². The first-order valence-electron chi connectivity index (χ1n) is 16.3. The molecule has 3 saturated carbocycles. The van der Waals surface area contributed by atoms with Crippen molar-refractivity contribution in [2.24, 2.45) is 28.2 Å². The Morgan fingerprint density at radius 2 is 2.00 bits per heavy atom. The molecule has 0 spiro atoms. The van der Waals surface area contributed by atoms with Crippen LogP contribution >= 0.6 is 0 Å². The molecule has 1 N–H and O–H groups in total. The number of anilines is 1. The highest BCUT2D eigenvalue weighted by molar-refractivity contribution is 5.96. The number of fused-ring (bicyclic) bond motifs is 4. The summed E-state index contributed by atoms with van der Waals surface area (Å²) in [5.74, 6) is 2.80. The van der Waals surface area contributed by atoms with E-state index in [4.69, 9.17) is 4.99 Å². The molecule has 2 bridgehead atoms. The van der Waals surface area contributed by atoms with Gasteiger partial charge in [0.2, 0.25) is 0 Å². The molecule has 5 fully saturated rings. The number of guanidine groups is 1. The standard InChI is InChI=1S/C35H45FN6O/c1-22-7-8-24(30(36)16-22)11-13-42-21-37-32-19-26(9-10-28(32)33(42)43)38-34(41-15-14-40-12-5-6-27(40)20-41)39-31-18-25-17-29(23(31)2)35(25,3)4/h7-10,16,19,21,23,25,27,29,31H,5-6,11-15,17-18,20H2,1-4H3,(H,38,39)/t23-,25-,27+,29-,31+/m1/s1. The zero-order valence-corrected chi connectivity index (χ0v) is 26.0. The van der Waals surface area contributed by atoms with Gasteiger partial charge in [-0.05, 0) is 104 Å². The molecule has 7 nitrogen and oxygen atoms in total. The molecule has 3 aliphatic carbocycles. The number of aromatic nitrogens is 2. The molecule has 2 aromatic carbocycles. The fraction of sp³-hybridized carbons (Fsp3) is 0.571. The lowest BCUT2D eigenvalue weighted by molar-refractivity contribution is -0.108. The normalized spacial score (nSPS) is 28.5. The summed E-state index contributed by atoms with van der Waals surface area (Å²) in [7, 11) is 0. The monoisotopic (exact) mass is 584 g/mol. The third-order valence-corrected chi connectivity index (χ3v) is 11.4. The molecule has 0 unspecified atom stereocenters. The van der Waals surface area contributed by atoms with E-state index in [1.807, 2.05) is 31.2 Å². The number of nitrogens with one attached hydrogen (secondary N) is 1. The van der Waals surface area contributed by atoms with Crippen LogP contribution < -0.4 is 10.9 Å². The second-order valence-electron chi connectivity index (χ2n) is 14.2. The van der Waals surface area contributed by atoms with E-state index in [1.165, 1.54) is 31.9 Å². The number of nitrogens with zero attached hydrogens (tertiary/aromatic N) is 5. The summed E-state index contributed by atoms with van der Waals surface area (Å²) in [5, 5.41) is 4.27. The molecule has 1 aromatic heterocycles. The minimum atomic E-state index is -0.229. The van der Waals surface area contributed by atoms with Crippen molar-refractivity contribution in [3.63, 3.8) is 0 Å². The smallest absolute Gasteiger partial charge is 0.261 e. The van der Waals surface area contributed by atoms with Crippen LogP contribution in [0.1, 0.15) is 57.6 Å². The number of rotatable bonds is 5. The summed E-state index contributed by atoms with van der Waals surface area (Å²) in [6.07, 6.45) is 7.06. The fourth-order valence-corrected chi connectivity index (χ4v) is 8.45. The van der Waals surface area contributed by atoms with Crippen LogP contribution in [0.15, 0.2) is 52.5 Å². The number of aliphatic imine (C=N–C) groups is 1. The maximum atomic E-state index is 14.4. The van der Waals surface area contributed by atoms with Crippen LogP contribution in [0.2, 0.25) is 0 Å². The Morgan fingerprint density at radius 1 is 1.14 bits per heavy atom. The van der Waals surface area contributed by atoms with Crippen molar-refractivity contribution in [2.75, 3.05) is 31.5 Å². The van der Waals surface area contributed by atoms with Gasteiger partial charge in [0.25, 0.3) is 5.56 Å². The highest BCUT2D eigenvalue weighted by atomic mass is 19.1. The molecule has 8 heteroatoms. The lowest BCUT2D eigenvalue weighted by atomic mass is 9.45. The average molecular weight is 585 g/mol. The van der Waals surface area contributed by atoms with Crippen LogP contribution in [0.25, 0.3) is 10.9 Å². The third kappa shape index (κ3) is 5.26. The Balaban J connectivity index is 1.13. The summed E-state index contributed by atoms with van der Waals surface area (Å²) >= 11 is 0. The van der Waals surface area contributed by atoms with Crippen molar-refractivity contribution in [3.8, 4) is 0 Å². The number of benzene rings is 2. The van der Waals surface area contributed by atoms with Crippen molar-refractivity contribution < 1.29 is 4.39 Å². The van der Waals surface area contributed by atoms with Gasteiger partial charge in [0.1, 0.15) is 5.82 Å². The van der Waals surface area contributed by atoms with Crippen LogP contribution in [-0.2, 0) is 13.0 Å². The second-order valence-corrected chi connectivity index (χ2v) is 14.2. The maximum Gasteiger partial charge on any atom is 0.261 e. The Bertz CT molecular complexity index is 1610. The van der Waals surface area contributed by atoms with Crippen LogP contribution in [0.3, 0.4) is 0 Å². The zero-order chi connectivity index (χ0) is 29.9. The molecule has 0 radical (unpaired) electrons. The maximum absolute atomic E-state index is 14.4. The van der Waals surface area contributed by atoms with E-state index in [1.54, 1.807) is 17.0 Å². The van der Waals surface area contributed by atoms with Gasteiger partial charge in [-0.2, -0.15) is 0 Å². The van der Waals surface area contributed by atoms with Crippen LogP contribution in [0.4, 0.5) is 10.1 Å². The zero-order valence-electron chi connectivity index (χ0n) is 26.0. The second kappa shape index (κ2) is 11.0. The van der Waals surface area contributed by atoms with Gasteiger partial charge < -0.3 is 10.2 Å². The largest absolute Gasteiger partial charge is 0.340 e. The lowest BCUT2D eigenvalue weighted by Crippen LogP contribution is -2.57. The van der Waals surface area contributed by atoms with Gasteiger partial charge >= 0.3 is 0 Å². The molecule has 43 heavy (non-hydrogen) atoms. The van der Waals surface area contributed by atoms with E-state index in [0.717, 1.165) is 55.1 Å². The topological polar surface area (TPSA) is 65.8 Å². The van der Waals surface area contributed by atoms with Gasteiger partial charge in [-0.15, -0.1) is 0 Å². The predicted molar refractivity (Wildman–Crippen MR) is 171 cm³/mol. The predicted octanol–water partition coefficient (Wildman–Crippen LogP) is 5.71. The van der Waals surface area contributed by atoms with Gasteiger partial charge in [-0.3, -0.25) is 14.3 Å². The van der Waals surface area contributed by atoms with E-state index in [-0.39, 0.29) is 11.4 Å². The van der Waals surface area contributed by atoms with Crippen LogP contribution in [0, 0.1) is 35.9 Å². The van der Waals surface area contributed by atoms with E-state index < -0.39 is 0 Å². The van der Waals surface area contributed by atoms with Gasteiger partial charge in [-0.25, -0.2) is 14.4 Å². The highest BCUT2D eigenvalue weighted by Gasteiger charge is 2.56. The molecule has 8 rings (SSSR count). The third-order valence-electron chi connectivity index (χ3n) is 11.4. The molecule has 5 atom stereocenters. The number of hydrogen-bond acceptors (Lipinski definition) is 4. The molecule has 2 aliphatic heterocycles. The average Bonchev–Trinajstić information content (AvgIpc) is 3.46. The molecular weight excluding hydrogens is 539 g/mol.